The average Bonchev–Trinajstić information content (AvgIpc) is 3.08. The highest BCUT2D eigenvalue weighted by Gasteiger charge is 2.27. The number of aromatic nitrogens is 1. The van der Waals surface area contributed by atoms with Crippen LogP contribution in [0.1, 0.15) is 18.9 Å². The third kappa shape index (κ3) is 4.91. The minimum Gasteiger partial charge on any atom is -0.375 e. The second kappa shape index (κ2) is 8.28. The molecule has 1 amide bonds. The third-order valence-corrected chi connectivity index (χ3v) is 4.79. The number of nitrogens with zero attached hydrogens (tertiary/aromatic N) is 4. The van der Waals surface area contributed by atoms with Crippen molar-refractivity contribution in [3.05, 3.63) is 23.9 Å². The van der Waals surface area contributed by atoms with E-state index in [2.05, 4.69) is 21.3 Å². The van der Waals surface area contributed by atoms with E-state index in [1.54, 1.807) is 12.3 Å². The number of carbonyl (C=O) groups excluding carboxylic acids is 1. The second-order valence-electron chi connectivity index (χ2n) is 6.84. The van der Waals surface area contributed by atoms with Crippen molar-refractivity contribution in [2.24, 2.45) is 5.92 Å². The van der Waals surface area contributed by atoms with E-state index in [-0.39, 0.29) is 12.0 Å². The molecule has 0 aromatic carbocycles. The maximum atomic E-state index is 12.4. The summed E-state index contributed by atoms with van der Waals surface area (Å²) in [4.78, 5) is 20.8. The molecule has 2 aliphatic rings. The number of ether oxygens (including phenoxy) is 1. The van der Waals surface area contributed by atoms with E-state index >= 15 is 0 Å². The van der Waals surface area contributed by atoms with Crippen molar-refractivity contribution in [2.45, 2.75) is 19.4 Å². The van der Waals surface area contributed by atoms with E-state index in [1.165, 1.54) is 0 Å². The number of hydrogen-bond acceptors (Lipinski definition) is 6. The Kier molecular flexibility index (Phi) is 5.84. The van der Waals surface area contributed by atoms with Crippen molar-refractivity contribution in [3.63, 3.8) is 0 Å². The van der Waals surface area contributed by atoms with Crippen LogP contribution in [0.5, 0.6) is 0 Å². The highest BCUT2D eigenvalue weighted by Crippen LogP contribution is 2.17. The summed E-state index contributed by atoms with van der Waals surface area (Å²) in [5, 5.41) is 12.1. The molecule has 1 N–H and O–H groups in total. The van der Waals surface area contributed by atoms with Gasteiger partial charge in [-0.1, -0.05) is 0 Å². The lowest BCUT2D eigenvalue weighted by Gasteiger charge is -2.32. The van der Waals surface area contributed by atoms with Crippen LogP contribution in [0.4, 0.5) is 5.82 Å². The zero-order valence-corrected chi connectivity index (χ0v) is 14.6. The second-order valence-corrected chi connectivity index (χ2v) is 6.84. The Morgan fingerprint density at radius 1 is 1.44 bits per heavy atom. The van der Waals surface area contributed by atoms with Gasteiger partial charge < -0.3 is 15.0 Å². The van der Waals surface area contributed by atoms with Gasteiger partial charge in [0.2, 0.25) is 5.91 Å². The monoisotopic (exact) mass is 343 g/mol. The van der Waals surface area contributed by atoms with Gasteiger partial charge in [0.1, 0.15) is 11.9 Å². The number of nitriles is 1. The van der Waals surface area contributed by atoms with Crippen molar-refractivity contribution >= 4 is 11.7 Å². The molecule has 134 valence electrons. The fourth-order valence-electron chi connectivity index (χ4n) is 3.37. The smallest absolute Gasteiger partial charge is 0.236 e. The number of pyridine rings is 1. The fourth-order valence-corrected chi connectivity index (χ4v) is 3.37. The van der Waals surface area contributed by atoms with Crippen molar-refractivity contribution < 1.29 is 9.53 Å². The molecule has 0 spiro atoms. The van der Waals surface area contributed by atoms with Gasteiger partial charge in [-0.25, -0.2) is 4.98 Å². The van der Waals surface area contributed by atoms with Gasteiger partial charge in [-0.3, -0.25) is 9.69 Å². The molecule has 0 radical (unpaired) electrons. The quantitative estimate of drug-likeness (QED) is 0.857. The molecule has 1 aromatic heterocycles. The number of anilines is 1. The topological polar surface area (TPSA) is 81.5 Å². The first-order valence-corrected chi connectivity index (χ1v) is 8.86. The minimum absolute atomic E-state index is 0.133. The zero-order valence-electron chi connectivity index (χ0n) is 14.6. The first-order valence-electron chi connectivity index (χ1n) is 8.86. The first kappa shape index (κ1) is 17.6. The lowest BCUT2D eigenvalue weighted by atomic mass is 10.1. The summed E-state index contributed by atoms with van der Waals surface area (Å²) < 4.78 is 5.49. The predicted octanol–water partition coefficient (Wildman–Crippen LogP) is 0.934. The minimum atomic E-state index is 0.133. The standard InChI is InChI=1S/C18H25N5O2/c1-14-11-23(6-7-25-14)18(24)13-22-5-4-16(12-22)10-21-17-3-2-15(8-19)9-20-17/h2-3,9,14,16H,4-7,10-13H2,1H3,(H,20,21)/t14-,16-/m0/s1. The van der Waals surface area contributed by atoms with E-state index in [4.69, 9.17) is 10.00 Å². The lowest BCUT2D eigenvalue weighted by Crippen LogP contribution is -2.48. The summed E-state index contributed by atoms with van der Waals surface area (Å²) in [6.45, 7) is 7.25. The number of carbonyl (C=O) groups is 1. The van der Waals surface area contributed by atoms with Gasteiger partial charge in [-0.2, -0.15) is 5.26 Å². The van der Waals surface area contributed by atoms with Crippen LogP contribution in [0.25, 0.3) is 0 Å². The van der Waals surface area contributed by atoms with Gasteiger partial charge in [-0.05, 0) is 37.9 Å². The SMILES string of the molecule is C[C@H]1CN(C(=O)CN2CC[C@@H](CNc3ccc(C#N)cn3)C2)CCO1. The summed E-state index contributed by atoms with van der Waals surface area (Å²) in [5.41, 5.74) is 0.563. The number of morpholine rings is 1. The molecule has 2 aliphatic heterocycles. The summed E-state index contributed by atoms with van der Waals surface area (Å²) >= 11 is 0. The molecule has 0 unspecified atom stereocenters. The van der Waals surface area contributed by atoms with E-state index in [9.17, 15) is 4.79 Å². The Morgan fingerprint density at radius 2 is 2.32 bits per heavy atom. The Balaban J connectivity index is 1.40. The highest BCUT2D eigenvalue weighted by atomic mass is 16.5. The van der Waals surface area contributed by atoms with Crippen LogP contribution in [-0.2, 0) is 9.53 Å². The van der Waals surface area contributed by atoms with E-state index < -0.39 is 0 Å². The molecule has 3 rings (SSSR count). The van der Waals surface area contributed by atoms with Gasteiger partial charge in [0, 0.05) is 32.4 Å². The molecule has 2 fully saturated rings. The Bertz CT molecular complexity index is 627. The number of likely N-dealkylation sites (tertiary alicyclic amines) is 1. The number of rotatable bonds is 5. The van der Waals surface area contributed by atoms with Gasteiger partial charge >= 0.3 is 0 Å². The van der Waals surface area contributed by atoms with Gasteiger partial charge in [0.05, 0.1) is 24.8 Å². The maximum Gasteiger partial charge on any atom is 0.236 e. The molecule has 25 heavy (non-hydrogen) atoms. The number of hydrogen-bond donors (Lipinski definition) is 1. The third-order valence-electron chi connectivity index (χ3n) is 4.79. The number of nitrogens with one attached hydrogen (secondary N) is 1. The Morgan fingerprint density at radius 3 is 3.04 bits per heavy atom. The van der Waals surface area contributed by atoms with Crippen LogP contribution in [-0.4, -0.2) is 72.7 Å². The van der Waals surface area contributed by atoms with Crippen LogP contribution in [0.15, 0.2) is 18.3 Å². The Labute approximate surface area is 148 Å². The number of amides is 1. The van der Waals surface area contributed by atoms with Crippen molar-refractivity contribution in [3.8, 4) is 6.07 Å². The first-order chi connectivity index (χ1) is 12.1. The molecule has 7 nitrogen and oxygen atoms in total. The van der Waals surface area contributed by atoms with Crippen molar-refractivity contribution in [1.29, 1.82) is 5.26 Å². The Hall–Kier alpha value is -2.17. The van der Waals surface area contributed by atoms with Gasteiger partial charge in [0.25, 0.3) is 0 Å². The molecule has 3 heterocycles. The predicted molar refractivity (Wildman–Crippen MR) is 94.0 cm³/mol. The molecule has 0 bridgehead atoms. The lowest BCUT2D eigenvalue weighted by molar-refractivity contribution is -0.139. The summed E-state index contributed by atoms with van der Waals surface area (Å²) in [5.74, 6) is 1.50. The summed E-state index contributed by atoms with van der Waals surface area (Å²) in [6.07, 6.45) is 2.79. The maximum absolute atomic E-state index is 12.4. The highest BCUT2D eigenvalue weighted by molar-refractivity contribution is 5.78. The van der Waals surface area contributed by atoms with Crippen LogP contribution < -0.4 is 5.32 Å². The van der Waals surface area contributed by atoms with Crippen molar-refractivity contribution in [2.75, 3.05) is 51.2 Å². The van der Waals surface area contributed by atoms with E-state index in [0.29, 0.717) is 37.7 Å². The van der Waals surface area contributed by atoms with Crippen LogP contribution in [0.3, 0.4) is 0 Å². The van der Waals surface area contributed by atoms with Crippen LogP contribution in [0.2, 0.25) is 0 Å². The van der Waals surface area contributed by atoms with Crippen LogP contribution in [0, 0.1) is 17.2 Å². The molecule has 0 saturated carbocycles. The molecule has 0 aliphatic carbocycles. The molecule has 1 aromatic rings. The fraction of sp³-hybridized carbons (Fsp3) is 0.611. The average molecular weight is 343 g/mol. The van der Waals surface area contributed by atoms with E-state index in [1.807, 2.05) is 17.9 Å². The van der Waals surface area contributed by atoms with Gasteiger partial charge in [0.15, 0.2) is 0 Å². The molecule has 2 atom stereocenters. The molecule has 7 heteroatoms. The van der Waals surface area contributed by atoms with Crippen molar-refractivity contribution in [1.82, 2.24) is 14.8 Å². The zero-order chi connectivity index (χ0) is 17.6. The summed E-state index contributed by atoms with van der Waals surface area (Å²) in [7, 11) is 0. The largest absolute Gasteiger partial charge is 0.375 e. The normalized spacial score (nSPS) is 24.1. The molecular formula is C18H25N5O2. The summed E-state index contributed by atoms with van der Waals surface area (Å²) in [6, 6.07) is 5.65. The molecular weight excluding hydrogens is 318 g/mol. The van der Waals surface area contributed by atoms with Crippen LogP contribution >= 0.6 is 0 Å². The van der Waals surface area contributed by atoms with E-state index in [0.717, 1.165) is 31.9 Å². The van der Waals surface area contributed by atoms with Gasteiger partial charge in [-0.15, -0.1) is 0 Å². The molecule has 2 saturated heterocycles.